The molecule has 132 valence electrons. The predicted octanol–water partition coefficient (Wildman–Crippen LogP) is 2.94. The van der Waals surface area contributed by atoms with Crippen molar-refractivity contribution in [3.05, 3.63) is 29.8 Å². The first-order chi connectivity index (χ1) is 11.6. The fourth-order valence-electron chi connectivity index (χ4n) is 3.34. The van der Waals surface area contributed by atoms with E-state index in [2.05, 4.69) is 19.9 Å². The van der Waals surface area contributed by atoms with E-state index in [0.29, 0.717) is 19.1 Å². The van der Waals surface area contributed by atoms with E-state index >= 15 is 0 Å². The van der Waals surface area contributed by atoms with Gasteiger partial charge in [0.25, 0.3) is 5.91 Å². The van der Waals surface area contributed by atoms with Gasteiger partial charge in [-0.15, -0.1) is 0 Å². The Labute approximate surface area is 143 Å². The summed E-state index contributed by atoms with van der Waals surface area (Å²) in [6.45, 7) is 6.32. The summed E-state index contributed by atoms with van der Waals surface area (Å²) >= 11 is 0. The van der Waals surface area contributed by atoms with E-state index in [1.807, 2.05) is 23.1 Å². The molecule has 1 aromatic carbocycles. The van der Waals surface area contributed by atoms with Crippen LogP contribution in [0, 0.1) is 0 Å². The monoisotopic (exact) mass is 333 g/mol. The quantitative estimate of drug-likeness (QED) is 0.831. The number of likely N-dealkylation sites (tertiary alicyclic amines) is 1. The maximum Gasteiger partial charge on any atom is 0.260 e. The third-order valence-corrected chi connectivity index (χ3v) is 4.72. The third-order valence-electron chi connectivity index (χ3n) is 4.72. The van der Waals surface area contributed by atoms with Crippen molar-refractivity contribution in [3.8, 4) is 5.75 Å². The molecule has 0 aromatic heterocycles. The predicted molar refractivity (Wildman–Crippen MR) is 91.1 cm³/mol. The van der Waals surface area contributed by atoms with E-state index in [1.165, 1.54) is 5.56 Å². The third kappa shape index (κ3) is 4.08. The Hall–Kier alpha value is -1.59. The number of carbonyl (C=O) groups is 1. The number of amides is 1. The van der Waals surface area contributed by atoms with Gasteiger partial charge in [0.15, 0.2) is 12.9 Å². The summed E-state index contributed by atoms with van der Waals surface area (Å²) in [6, 6.07) is 7.97. The first-order valence-corrected chi connectivity index (χ1v) is 8.90. The van der Waals surface area contributed by atoms with Crippen LogP contribution >= 0.6 is 0 Å². The van der Waals surface area contributed by atoms with Crippen LogP contribution < -0.4 is 4.74 Å². The van der Waals surface area contributed by atoms with Gasteiger partial charge in [0.05, 0.1) is 19.3 Å². The van der Waals surface area contributed by atoms with Gasteiger partial charge in [-0.1, -0.05) is 26.0 Å². The SMILES string of the molecule is CC(C)c1cccc(OCC(=O)N2CCCCC2C2OCCO2)c1. The van der Waals surface area contributed by atoms with E-state index in [4.69, 9.17) is 14.2 Å². The van der Waals surface area contributed by atoms with E-state index < -0.39 is 0 Å². The standard InChI is InChI=1S/C19H27NO4/c1-14(2)15-6-5-7-16(12-15)24-13-18(21)20-9-4-3-8-17(20)19-22-10-11-23-19/h5-7,12,14,17,19H,3-4,8-11,13H2,1-2H3. The summed E-state index contributed by atoms with van der Waals surface area (Å²) in [6.07, 6.45) is 2.78. The van der Waals surface area contributed by atoms with Gasteiger partial charge in [0.2, 0.25) is 0 Å². The topological polar surface area (TPSA) is 48.0 Å². The normalized spacial score (nSPS) is 22.1. The Kier molecular flexibility index (Phi) is 5.74. The van der Waals surface area contributed by atoms with Crippen LogP contribution in [0.25, 0.3) is 0 Å². The number of rotatable bonds is 5. The summed E-state index contributed by atoms with van der Waals surface area (Å²) in [5.74, 6) is 1.19. The van der Waals surface area contributed by atoms with E-state index in [9.17, 15) is 4.79 Å². The van der Waals surface area contributed by atoms with Crippen LogP contribution in [0.1, 0.15) is 44.6 Å². The number of nitrogens with zero attached hydrogens (tertiary/aromatic N) is 1. The van der Waals surface area contributed by atoms with Gasteiger partial charge >= 0.3 is 0 Å². The molecule has 2 fully saturated rings. The maximum atomic E-state index is 12.6. The van der Waals surface area contributed by atoms with Gasteiger partial charge in [-0.2, -0.15) is 0 Å². The molecular formula is C19H27NO4. The average molecular weight is 333 g/mol. The molecule has 0 saturated carbocycles. The van der Waals surface area contributed by atoms with Gasteiger partial charge in [-0.3, -0.25) is 4.79 Å². The van der Waals surface area contributed by atoms with Crippen LogP contribution in [-0.4, -0.2) is 49.5 Å². The molecule has 2 heterocycles. The summed E-state index contributed by atoms with van der Waals surface area (Å²) in [4.78, 5) is 14.5. The first-order valence-electron chi connectivity index (χ1n) is 8.90. The molecule has 0 aliphatic carbocycles. The molecule has 1 atom stereocenters. The number of piperidine rings is 1. The fraction of sp³-hybridized carbons (Fsp3) is 0.632. The van der Waals surface area contributed by atoms with Crippen molar-refractivity contribution in [2.45, 2.75) is 51.4 Å². The summed E-state index contributed by atoms with van der Waals surface area (Å²) in [5.41, 5.74) is 1.21. The van der Waals surface area contributed by atoms with Gasteiger partial charge in [0.1, 0.15) is 5.75 Å². The van der Waals surface area contributed by atoms with Crippen LogP contribution in [0.2, 0.25) is 0 Å². The Morgan fingerprint density at radius 2 is 2.08 bits per heavy atom. The molecule has 5 heteroatoms. The highest BCUT2D eigenvalue weighted by molar-refractivity contribution is 5.78. The molecule has 5 nitrogen and oxygen atoms in total. The molecule has 1 amide bonds. The van der Waals surface area contributed by atoms with Crippen LogP contribution in [-0.2, 0) is 14.3 Å². The van der Waals surface area contributed by atoms with Crippen molar-refractivity contribution in [2.24, 2.45) is 0 Å². The van der Waals surface area contributed by atoms with E-state index in [0.717, 1.165) is 31.6 Å². The second kappa shape index (κ2) is 7.99. The number of benzene rings is 1. The average Bonchev–Trinajstić information content (AvgIpc) is 3.14. The smallest absolute Gasteiger partial charge is 0.260 e. The van der Waals surface area contributed by atoms with Crippen LogP contribution in [0.15, 0.2) is 24.3 Å². The van der Waals surface area contributed by atoms with Gasteiger partial charge in [-0.25, -0.2) is 0 Å². The Morgan fingerprint density at radius 1 is 1.29 bits per heavy atom. The highest BCUT2D eigenvalue weighted by Gasteiger charge is 2.36. The van der Waals surface area contributed by atoms with Crippen LogP contribution in [0.5, 0.6) is 5.75 Å². The minimum atomic E-state index is -0.279. The highest BCUT2D eigenvalue weighted by Crippen LogP contribution is 2.25. The zero-order valence-corrected chi connectivity index (χ0v) is 14.6. The molecule has 1 unspecified atom stereocenters. The number of ether oxygens (including phenoxy) is 3. The summed E-state index contributed by atoms with van der Waals surface area (Å²) < 4.78 is 17.0. The number of carbonyl (C=O) groups excluding carboxylic acids is 1. The lowest BCUT2D eigenvalue weighted by Gasteiger charge is -2.37. The van der Waals surface area contributed by atoms with Gasteiger partial charge < -0.3 is 19.1 Å². The maximum absolute atomic E-state index is 12.6. The van der Waals surface area contributed by atoms with Crippen molar-refractivity contribution in [1.29, 1.82) is 0 Å². The summed E-state index contributed by atoms with van der Waals surface area (Å²) in [5, 5.41) is 0. The van der Waals surface area contributed by atoms with Crippen molar-refractivity contribution in [1.82, 2.24) is 4.90 Å². The molecular weight excluding hydrogens is 306 g/mol. The molecule has 0 bridgehead atoms. The zero-order chi connectivity index (χ0) is 16.9. The molecule has 2 aliphatic rings. The molecule has 0 radical (unpaired) electrons. The highest BCUT2D eigenvalue weighted by atomic mass is 16.7. The minimum Gasteiger partial charge on any atom is -0.484 e. The Balaban J connectivity index is 1.59. The molecule has 24 heavy (non-hydrogen) atoms. The zero-order valence-electron chi connectivity index (χ0n) is 14.6. The summed E-state index contributed by atoms with van der Waals surface area (Å²) in [7, 11) is 0. The van der Waals surface area contributed by atoms with Crippen molar-refractivity contribution >= 4 is 5.91 Å². The minimum absolute atomic E-state index is 0.00810. The lowest BCUT2D eigenvalue weighted by Crippen LogP contribution is -2.51. The molecule has 0 N–H and O–H groups in total. The largest absolute Gasteiger partial charge is 0.484 e. The first kappa shape index (κ1) is 17.2. The molecule has 0 spiro atoms. The lowest BCUT2D eigenvalue weighted by atomic mass is 10.0. The van der Waals surface area contributed by atoms with Crippen molar-refractivity contribution < 1.29 is 19.0 Å². The molecule has 2 saturated heterocycles. The lowest BCUT2D eigenvalue weighted by molar-refractivity contribution is -0.152. The Morgan fingerprint density at radius 3 is 2.83 bits per heavy atom. The Bertz CT molecular complexity index is 554. The second-order valence-corrected chi connectivity index (χ2v) is 6.78. The van der Waals surface area contributed by atoms with Gasteiger partial charge in [-0.05, 0) is 42.9 Å². The van der Waals surface area contributed by atoms with E-state index in [-0.39, 0.29) is 24.8 Å². The molecule has 2 aliphatic heterocycles. The van der Waals surface area contributed by atoms with Crippen molar-refractivity contribution in [3.63, 3.8) is 0 Å². The van der Waals surface area contributed by atoms with Crippen LogP contribution in [0.3, 0.4) is 0 Å². The van der Waals surface area contributed by atoms with Crippen molar-refractivity contribution in [2.75, 3.05) is 26.4 Å². The molecule has 3 rings (SSSR count). The van der Waals surface area contributed by atoms with Crippen LogP contribution in [0.4, 0.5) is 0 Å². The second-order valence-electron chi connectivity index (χ2n) is 6.78. The fourth-order valence-corrected chi connectivity index (χ4v) is 3.34. The van der Waals surface area contributed by atoms with Gasteiger partial charge in [0, 0.05) is 6.54 Å². The number of hydrogen-bond acceptors (Lipinski definition) is 4. The van der Waals surface area contributed by atoms with E-state index in [1.54, 1.807) is 0 Å². The molecule has 1 aromatic rings. The number of hydrogen-bond donors (Lipinski definition) is 0.